The van der Waals surface area contributed by atoms with Crippen LogP contribution < -0.4 is 10.1 Å². The van der Waals surface area contributed by atoms with Gasteiger partial charge in [0.25, 0.3) is 0 Å². The molecule has 0 radical (unpaired) electrons. The standard InChI is InChI=1S/C22H34FN5O2.HI/c1-4-30-20-8-7-18(15-19(20)23)16-25-22(24-3)28-13-11-26(12-14-28)17(2)21(29)27-9-5-6-10-27;/h7-8,15,17H,4-6,9-14,16H2,1-3H3,(H,24,25);1H. The lowest BCUT2D eigenvalue weighted by Gasteiger charge is -2.39. The van der Waals surface area contributed by atoms with Crippen LogP contribution in [0.25, 0.3) is 0 Å². The first-order valence-electron chi connectivity index (χ1n) is 10.9. The average Bonchev–Trinajstić information content (AvgIpc) is 3.30. The third-order valence-electron chi connectivity index (χ3n) is 5.90. The molecular formula is C22H35FIN5O2. The Balaban J connectivity index is 0.00000341. The Hall–Kier alpha value is -1.62. The van der Waals surface area contributed by atoms with E-state index in [2.05, 4.69) is 20.1 Å². The number of piperazine rings is 1. The van der Waals surface area contributed by atoms with E-state index in [4.69, 9.17) is 4.74 Å². The van der Waals surface area contributed by atoms with E-state index < -0.39 is 0 Å². The van der Waals surface area contributed by atoms with Gasteiger partial charge in [0.1, 0.15) is 0 Å². The highest BCUT2D eigenvalue weighted by Crippen LogP contribution is 2.18. The number of nitrogens with one attached hydrogen (secondary N) is 1. The van der Waals surface area contributed by atoms with Gasteiger partial charge in [-0.3, -0.25) is 14.7 Å². The van der Waals surface area contributed by atoms with Crippen molar-refractivity contribution in [1.82, 2.24) is 20.0 Å². The number of carbonyl (C=O) groups excluding carboxylic acids is 1. The van der Waals surface area contributed by atoms with Gasteiger partial charge in [-0.25, -0.2) is 4.39 Å². The zero-order valence-electron chi connectivity index (χ0n) is 18.8. The molecule has 2 saturated heterocycles. The van der Waals surface area contributed by atoms with Crippen LogP contribution in [0.5, 0.6) is 5.75 Å². The van der Waals surface area contributed by atoms with Crippen LogP contribution in [-0.4, -0.2) is 85.5 Å². The van der Waals surface area contributed by atoms with Gasteiger partial charge in [0, 0.05) is 52.9 Å². The third kappa shape index (κ3) is 6.68. The number of nitrogens with zero attached hydrogens (tertiary/aromatic N) is 4. The van der Waals surface area contributed by atoms with Crippen molar-refractivity contribution in [2.75, 3.05) is 52.9 Å². The lowest BCUT2D eigenvalue weighted by Crippen LogP contribution is -2.57. The molecule has 174 valence electrons. The molecule has 2 aliphatic rings. The lowest BCUT2D eigenvalue weighted by molar-refractivity contribution is -0.135. The minimum Gasteiger partial charge on any atom is -0.491 e. The predicted octanol–water partition coefficient (Wildman–Crippen LogP) is 2.55. The summed E-state index contributed by atoms with van der Waals surface area (Å²) in [5.41, 5.74) is 0.834. The first-order valence-corrected chi connectivity index (χ1v) is 10.9. The monoisotopic (exact) mass is 547 g/mol. The molecule has 0 bridgehead atoms. The fourth-order valence-electron chi connectivity index (χ4n) is 4.12. The van der Waals surface area contributed by atoms with Crippen LogP contribution in [0.2, 0.25) is 0 Å². The zero-order chi connectivity index (χ0) is 21.5. The highest BCUT2D eigenvalue weighted by atomic mass is 127. The van der Waals surface area contributed by atoms with E-state index in [9.17, 15) is 9.18 Å². The number of benzene rings is 1. The number of aliphatic imine (C=N–C) groups is 1. The summed E-state index contributed by atoms with van der Waals surface area (Å²) in [7, 11) is 1.76. The minimum atomic E-state index is -0.351. The highest BCUT2D eigenvalue weighted by Gasteiger charge is 2.30. The Labute approximate surface area is 202 Å². The molecular weight excluding hydrogens is 512 g/mol. The normalized spacial score (nSPS) is 18.5. The number of hydrogen-bond donors (Lipinski definition) is 1. The van der Waals surface area contributed by atoms with Gasteiger partial charge in [-0.05, 0) is 44.4 Å². The highest BCUT2D eigenvalue weighted by molar-refractivity contribution is 14.0. The quantitative estimate of drug-likeness (QED) is 0.337. The number of hydrogen-bond acceptors (Lipinski definition) is 4. The maximum atomic E-state index is 14.1. The molecule has 0 saturated carbocycles. The van der Waals surface area contributed by atoms with Crippen molar-refractivity contribution in [2.24, 2.45) is 4.99 Å². The molecule has 2 aliphatic heterocycles. The molecule has 0 aromatic heterocycles. The second kappa shape index (κ2) is 12.4. The van der Waals surface area contributed by atoms with Gasteiger partial charge < -0.3 is 19.9 Å². The van der Waals surface area contributed by atoms with Crippen molar-refractivity contribution >= 4 is 35.8 Å². The maximum absolute atomic E-state index is 14.1. The summed E-state index contributed by atoms with van der Waals surface area (Å²) in [4.78, 5) is 23.5. The minimum absolute atomic E-state index is 0. The van der Waals surface area contributed by atoms with Crippen molar-refractivity contribution in [2.45, 2.75) is 39.3 Å². The summed E-state index contributed by atoms with van der Waals surface area (Å²) in [6.45, 7) is 9.81. The van der Waals surface area contributed by atoms with Crippen molar-refractivity contribution < 1.29 is 13.9 Å². The number of halogens is 2. The van der Waals surface area contributed by atoms with Gasteiger partial charge in [0.15, 0.2) is 17.5 Å². The Morgan fingerprint density at radius 2 is 1.84 bits per heavy atom. The van der Waals surface area contributed by atoms with Gasteiger partial charge in [-0.1, -0.05) is 6.07 Å². The van der Waals surface area contributed by atoms with E-state index in [1.54, 1.807) is 13.1 Å². The molecule has 1 aromatic rings. The number of amides is 1. The molecule has 1 aromatic carbocycles. The molecule has 0 spiro atoms. The molecule has 0 aliphatic carbocycles. The van der Waals surface area contributed by atoms with Crippen LogP contribution in [0.15, 0.2) is 23.2 Å². The lowest BCUT2D eigenvalue weighted by atomic mass is 10.2. The van der Waals surface area contributed by atoms with Crippen LogP contribution in [-0.2, 0) is 11.3 Å². The molecule has 7 nitrogen and oxygen atoms in total. The van der Waals surface area contributed by atoms with Gasteiger partial charge in [-0.15, -0.1) is 24.0 Å². The van der Waals surface area contributed by atoms with E-state index in [1.807, 2.05) is 24.8 Å². The number of rotatable bonds is 6. The summed E-state index contributed by atoms with van der Waals surface area (Å²) in [6, 6.07) is 4.94. The molecule has 1 N–H and O–H groups in total. The van der Waals surface area contributed by atoms with Crippen LogP contribution in [0, 0.1) is 5.82 Å². The summed E-state index contributed by atoms with van der Waals surface area (Å²) in [6.07, 6.45) is 2.24. The first-order chi connectivity index (χ1) is 14.5. The van der Waals surface area contributed by atoms with Crippen molar-refractivity contribution in [1.29, 1.82) is 0 Å². The fraction of sp³-hybridized carbons (Fsp3) is 0.636. The SMILES string of the molecule is CCOc1ccc(CNC(=NC)N2CCN(C(C)C(=O)N3CCCC3)CC2)cc1F.I. The summed E-state index contributed by atoms with van der Waals surface area (Å²) >= 11 is 0. The molecule has 9 heteroatoms. The van der Waals surface area contributed by atoms with Crippen molar-refractivity contribution in [3.63, 3.8) is 0 Å². The fourth-order valence-corrected chi connectivity index (χ4v) is 4.12. The van der Waals surface area contributed by atoms with Crippen LogP contribution in [0.1, 0.15) is 32.3 Å². The summed E-state index contributed by atoms with van der Waals surface area (Å²) < 4.78 is 19.3. The summed E-state index contributed by atoms with van der Waals surface area (Å²) in [5, 5.41) is 3.32. The zero-order valence-corrected chi connectivity index (χ0v) is 21.1. The Kier molecular flexibility index (Phi) is 10.3. The van der Waals surface area contributed by atoms with Gasteiger partial charge in [0.05, 0.1) is 12.6 Å². The van der Waals surface area contributed by atoms with Crippen LogP contribution in [0.3, 0.4) is 0 Å². The molecule has 1 amide bonds. The van der Waals surface area contributed by atoms with Crippen molar-refractivity contribution in [3.05, 3.63) is 29.6 Å². The Bertz CT molecular complexity index is 749. The Morgan fingerprint density at radius 1 is 1.16 bits per heavy atom. The summed E-state index contributed by atoms with van der Waals surface area (Å²) in [5.74, 6) is 0.971. The molecule has 2 fully saturated rings. The van der Waals surface area contributed by atoms with Gasteiger partial charge >= 0.3 is 0 Å². The smallest absolute Gasteiger partial charge is 0.239 e. The largest absolute Gasteiger partial charge is 0.491 e. The second-order valence-electron chi connectivity index (χ2n) is 7.83. The number of ether oxygens (including phenoxy) is 1. The molecule has 1 atom stereocenters. The van der Waals surface area contributed by atoms with Gasteiger partial charge in [-0.2, -0.15) is 0 Å². The molecule has 3 rings (SSSR count). The molecule has 31 heavy (non-hydrogen) atoms. The topological polar surface area (TPSA) is 60.4 Å². The maximum Gasteiger partial charge on any atom is 0.239 e. The molecule has 1 unspecified atom stereocenters. The predicted molar refractivity (Wildman–Crippen MR) is 132 cm³/mol. The number of carbonyl (C=O) groups is 1. The first kappa shape index (κ1) is 25.6. The van der Waals surface area contributed by atoms with E-state index >= 15 is 0 Å². The number of likely N-dealkylation sites (tertiary alicyclic amines) is 1. The van der Waals surface area contributed by atoms with E-state index in [-0.39, 0.29) is 47.5 Å². The van der Waals surface area contributed by atoms with E-state index in [1.165, 1.54) is 6.07 Å². The third-order valence-corrected chi connectivity index (χ3v) is 5.90. The van der Waals surface area contributed by atoms with Gasteiger partial charge in [0.2, 0.25) is 5.91 Å². The number of guanidine groups is 1. The van der Waals surface area contributed by atoms with Crippen LogP contribution in [0.4, 0.5) is 4.39 Å². The average molecular weight is 547 g/mol. The molecule has 2 heterocycles. The van der Waals surface area contributed by atoms with E-state index in [0.717, 1.165) is 63.6 Å². The van der Waals surface area contributed by atoms with E-state index in [0.29, 0.717) is 13.2 Å². The van der Waals surface area contributed by atoms with Crippen molar-refractivity contribution in [3.8, 4) is 5.75 Å². The Morgan fingerprint density at radius 3 is 2.42 bits per heavy atom. The van der Waals surface area contributed by atoms with Crippen LogP contribution >= 0.6 is 24.0 Å². The second-order valence-corrected chi connectivity index (χ2v) is 7.83.